The van der Waals surface area contributed by atoms with Crippen LogP contribution in [-0.4, -0.2) is 57.0 Å². The molecule has 1 amide bonds. The molecule has 9 heteroatoms. The number of aliphatic hydroxyl groups excluding tert-OH is 1. The van der Waals surface area contributed by atoms with Crippen LogP contribution in [-0.2, 0) is 16.1 Å². The summed E-state index contributed by atoms with van der Waals surface area (Å²) in [6.07, 6.45) is 9.03. The zero-order chi connectivity index (χ0) is 23.4. The van der Waals surface area contributed by atoms with Crippen LogP contribution >= 0.6 is 0 Å². The number of nitrogens with zero attached hydrogens (tertiary/aromatic N) is 4. The van der Waals surface area contributed by atoms with E-state index in [2.05, 4.69) is 9.97 Å². The lowest BCUT2D eigenvalue weighted by atomic mass is 9.96. The van der Waals surface area contributed by atoms with Crippen LogP contribution in [0.3, 0.4) is 0 Å². The Bertz CT molecular complexity index is 1170. The first kappa shape index (κ1) is 22.1. The van der Waals surface area contributed by atoms with Crippen molar-refractivity contribution in [2.24, 2.45) is 0 Å². The van der Waals surface area contributed by atoms with Gasteiger partial charge in [-0.3, -0.25) is 14.6 Å². The standard InChI is InChI=1S/C24H24N4O5/c1-32-17-6-7-18(19(13-17)33-2)22(29)20-21(16-5-3-8-25-14-16)28(24(31)23(20)30)11-4-10-27-12-9-26-15-27/h3,5-9,12-15,21,29H,4,10-11H2,1-2H3/b22-20+/t21-/m0/s1. The minimum absolute atomic E-state index is 0.000835. The number of aryl methyl sites for hydroxylation is 1. The van der Waals surface area contributed by atoms with Crippen LogP contribution in [0, 0.1) is 0 Å². The van der Waals surface area contributed by atoms with Crippen LogP contribution in [0.25, 0.3) is 5.76 Å². The Morgan fingerprint density at radius 3 is 2.61 bits per heavy atom. The molecule has 0 unspecified atom stereocenters. The number of ether oxygens (including phenoxy) is 2. The van der Waals surface area contributed by atoms with Gasteiger partial charge < -0.3 is 24.0 Å². The number of methoxy groups -OCH3 is 2. The first-order chi connectivity index (χ1) is 16.0. The maximum Gasteiger partial charge on any atom is 0.295 e. The van der Waals surface area contributed by atoms with E-state index in [1.54, 1.807) is 55.2 Å². The summed E-state index contributed by atoms with van der Waals surface area (Å²) in [5, 5.41) is 11.2. The summed E-state index contributed by atoms with van der Waals surface area (Å²) < 4.78 is 12.5. The smallest absolute Gasteiger partial charge is 0.295 e. The molecule has 1 aliphatic heterocycles. The number of likely N-dealkylation sites (tertiary alicyclic amines) is 1. The van der Waals surface area contributed by atoms with Gasteiger partial charge in [-0.1, -0.05) is 6.07 Å². The maximum atomic E-state index is 13.1. The normalized spacial score (nSPS) is 17.4. The molecule has 1 fully saturated rings. The second-order valence-electron chi connectivity index (χ2n) is 7.50. The molecule has 1 aliphatic rings. The summed E-state index contributed by atoms with van der Waals surface area (Å²) in [5.74, 6) is -0.862. The molecule has 1 atom stereocenters. The number of rotatable bonds is 8. The summed E-state index contributed by atoms with van der Waals surface area (Å²) in [7, 11) is 2.98. The Hall–Kier alpha value is -4.14. The molecule has 1 aromatic carbocycles. The number of aromatic nitrogens is 3. The van der Waals surface area contributed by atoms with Crippen molar-refractivity contribution in [2.75, 3.05) is 20.8 Å². The van der Waals surface area contributed by atoms with Gasteiger partial charge in [-0.15, -0.1) is 0 Å². The minimum atomic E-state index is -0.770. The van der Waals surface area contributed by atoms with Gasteiger partial charge in [0.2, 0.25) is 0 Å². The number of Topliss-reactive ketones (excluding diaryl/α,β-unsaturated/α-hetero) is 1. The average Bonchev–Trinajstić information content (AvgIpc) is 3.46. The van der Waals surface area contributed by atoms with Crippen molar-refractivity contribution in [1.29, 1.82) is 0 Å². The minimum Gasteiger partial charge on any atom is -0.507 e. The fraction of sp³-hybridized carbons (Fsp3) is 0.250. The van der Waals surface area contributed by atoms with E-state index in [1.165, 1.54) is 19.1 Å². The van der Waals surface area contributed by atoms with Crippen molar-refractivity contribution in [1.82, 2.24) is 19.4 Å². The average molecular weight is 448 g/mol. The van der Waals surface area contributed by atoms with Crippen LogP contribution in [0.5, 0.6) is 11.5 Å². The van der Waals surface area contributed by atoms with Gasteiger partial charge in [0.05, 0.1) is 37.7 Å². The third-order valence-electron chi connectivity index (χ3n) is 5.58. The molecule has 0 saturated carbocycles. The number of hydrogen-bond donors (Lipinski definition) is 1. The fourth-order valence-corrected chi connectivity index (χ4v) is 3.98. The molecule has 1 saturated heterocycles. The van der Waals surface area contributed by atoms with Crippen molar-refractivity contribution >= 4 is 17.4 Å². The van der Waals surface area contributed by atoms with Gasteiger partial charge in [0.1, 0.15) is 17.3 Å². The number of imidazole rings is 1. The van der Waals surface area contributed by atoms with Crippen LogP contribution in [0.4, 0.5) is 0 Å². The largest absolute Gasteiger partial charge is 0.507 e. The number of carbonyl (C=O) groups excluding carboxylic acids is 2. The molecule has 1 N–H and O–H groups in total. The zero-order valence-electron chi connectivity index (χ0n) is 18.3. The van der Waals surface area contributed by atoms with E-state index in [4.69, 9.17) is 9.47 Å². The Morgan fingerprint density at radius 1 is 1.09 bits per heavy atom. The van der Waals surface area contributed by atoms with E-state index in [9.17, 15) is 14.7 Å². The highest BCUT2D eigenvalue weighted by molar-refractivity contribution is 6.46. The van der Waals surface area contributed by atoms with Gasteiger partial charge >= 0.3 is 0 Å². The van der Waals surface area contributed by atoms with E-state index < -0.39 is 17.7 Å². The number of hydrogen-bond acceptors (Lipinski definition) is 7. The lowest BCUT2D eigenvalue weighted by molar-refractivity contribution is -0.139. The summed E-state index contributed by atoms with van der Waals surface area (Å²) in [6.45, 7) is 0.952. The molecule has 4 rings (SSSR count). The Labute approximate surface area is 190 Å². The number of aliphatic hydroxyl groups is 1. The lowest BCUT2D eigenvalue weighted by Crippen LogP contribution is -2.31. The van der Waals surface area contributed by atoms with Crippen molar-refractivity contribution in [3.8, 4) is 11.5 Å². The van der Waals surface area contributed by atoms with Gasteiger partial charge in [-0.2, -0.15) is 0 Å². The molecule has 2 aromatic heterocycles. The van der Waals surface area contributed by atoms with E-state index in [-0.39, 0.29) is 11.3 Å². The highest BCUT2D eigenvalue weighted by Crippen LogP contribution is 2.41. The van der Waals surface area contributed by atoms with Gasteiger partial charge in [-0.05, 0) is 30.2 Å². The quantitative estimate of drug-likeness (QED) is 0.321. The molecule has 0 aliphatic carbocycles. The Balaban J connectivity index is 1.75. The third-order valence-corrected chi connectivity index (χ3v) is 5.58. The highest BCUT2D eigenvalue weighted by atomic mass is 16.5. The topological polar surface area (TPSA) is 107 Å². The SMILES string of the molecule is COc1ccc(/C(O)=C2\C(=O)C(=O)N(CCCn3ccnc3)[C@H]2c2cccnc2)c(OC)c1. The fourth-order valence-electron chi connectivity index (χ4n) is 3.98. The number of carbonyl (C=O) groups is 2. The summed E-state index contributed by atoms with van der Waals surface area (Å²) in [5.41, 5.74) is 0.927. The summed E-state index contributed by atoms with van der Waals surface area (Å²) >= 11 is 0. The second-order valence-corrected chi connectivity index (χ2v) is 7.50. The monoisotopic (exact) mass is 448 g/mol. The van der Waals surface area contributed by atoms with Gasteiger partial charge in [0.15, 0.2) is 0 Å². The van der Waals surface area contributed by atoms with E-state index in [0.717, 1.165) is 0 Å². The summed E-state index contributed by atoms with van der Waals surface area (Å²) in [6, 6.07) is 7.60. The number of ketones is 1. The molecule has 3 aromatic rings. The molecular weight excluding hydrogens is 424 g/mol. The van der Waals surface area contributed by atoms with E-state index >= 15 is 0 Å². The zero-order valence-corrected chi connectivity index (χ0v) is 18.3. The number of benzene rings is 1. The highest BCUT2D eigenvalue weighted by Gasteiger charge is 2.46. The predicted octanol–water partition coefficient (Wildman–Crippen LogP) is 2.81. The van der Waals surface area contributed by atoms with Crippen LogP contribution < -0.4 is 9.47 Å². The number of amides is 1. The molecule has 170 valence electrons. The lowest BCUT2D eigenvalue weighted by Gasteiger charge is -2.25. The second kappa shape index (κ2) is 9.56. The van der Waals surface area contributed by atoms with Crippen LogP contribution in [0.2, 0.25) is 0 Å². The maximum absolute atomic E-state index is 13.1. The Kier molecular flexibility index (Phi) is 6.39. The van der Waals surface area contributed by atoms with Crippen molar-refractivity contribution < 1.29 is 24.2 Å². The first-order valence-electron chi connectivity index (χ1n) is 10.4. The molecule has 0 spiro atoms. The Morgan fingerprint density at radius 2 is 1.94 bits per heavy atom. The van der Waals surface area contributed by atoms with Crippen LogP contribution in [0.1, 0.15) is 23.6 Å². The van der Waals surface area contributed by atoms with Crippen LogP contribution in [0.15, 0.2) is 67.0 Å². The first-order valence-corrected chi connectivity index (χ1v) is 10.4. The van der Waals surface area contributed by atoms with Crippen molar-refractivity contribution in [2.45, 2.75) is 19.0 Å². The van der Waals surface area contributed by atoms with Crippen molar-refractivity contribution in [3.63, 3.8) is 0 Å². The molecule has 9 nitrogen and oxygen atoms in total. The third kappa shape index (κ3) is 4.30. The van der Waals surface area contributed by atoms with E-state index in [0.29, 0.717) is 42.1 Å². The number of pyridine rings is 1. The molecule has 0 radical (unpaired) electrons. The van der Waals surface area contributed by atoms with Gasteiger partial charge in [0.25, 0.3) is 11.7 Å². The molecular formula is C24H24N4O5. The van der Waals surface area contributed by atoms with Gasteiger partial charge in [-0.25, -0.2) is 4.98 Å². The van der Waals surface area contributed by atoms with Crippen molar-refractivity contribution in [3.05, 3.63) is 78.1 Å². The molecule has 3 heterocycles. The molecule has 33 heavy (non-hydrogen) atoms. The predicted molar refractivity (Wildman–Crippen MR) is 120 cm³/mol. The molecule has 0 bridgehead atoms. The van der Waals surface area contributed by atoms with Gasteiger partial charge in [0, 0.05) is 43.9 Å². The summed E-state index contributed by atoms with van der Waals surface area (Å²) in [4.78, 5) is 35.8. The van der Waals surface area contributed by atoms with E-state index in [1.807, 2.05) is 10.8 Å².